The summed E-state index contributed by atoms with van der Waals surface area (Å²) in [5, 5.41) is 9.84. The van der Waals surface area contributed by atoms with E-state index in [2.05, 4.69) is 4.98 Å². The van der Waals surface area contributed by atoms with E-state index >= 15 is 0 Å². The number of hydrogen-bond acceptors (Lipinski definition) is 1. The summed E-state index contributed by atoms with van der Waals surface area (Å²) in [4.78, 5) is 2.82. The molecule has 1 aliphatic rings. The zero-order chi connectivity index (χ0) is 15.3. The van der Waals surface area contributed by atoms with Gasteiger partial charge >= 0.3 is 0 Å². The first kappa shape index (κ1) is 13.5. The van der Waals surface area contributed by atoms with Gasteiger partial charge in [-0.05, 0) is 36.1 Å². The van der Waals surface area contributed by atoms with Crippen LogP contribution in [0, 0.1) is 11.6 Å². The monoisotopic (exact) mass is 299 g/mol. The van der Waals surface area contributed by atoms with E-state index in [1.165, 1.54) is 6.07 Å². The van der Waals surface area contributed by atoms with Crippen molar-refractivity contribution in [1.29, 1.82) is 0 Å². The number of aromatic nitrogens is 1. The Morgan fingerprint density at radius 2 is 1.82 bits per heavy atom. The number of hydrogen-bond donors (Lipinski definition) is 2. The van der Waals surface area contributed by atoms with Gasteiger partial charge in [0.15, 0.2) is 0 Å². The predicted octanol–water partition coefficient (Wildman–Crippen LogP) is 4.14. The highest BCUT2D eigenvalue weighted by Gasteiger charge is 2.43. The molecule has 1 aliphatic carbocycles. The average molecular weight is 299 g/mol. The fourth-order valence-electron chi connectivity index (χ4n) is 3.08. The second kappa shape index (κ2) is 4.65. The molecule has 0 unspecified atom stereocenters. The number of benzene rings is 2. The first-order chi connectivity index (χ1) is 10.6. The normalized spacial score (nSPS) is 16.1. The smallest absolute Gasteiger partial charge is 0.143 e. The standard InChI is InChI=1S/C18H15F2NO/c19-14-9-15-13(5-8-21-15)17(20)16(14)11-1-3-12(4-2-11)18(10-22)6-7-18/h1-5,8-9,21-22H,6-7,10H2. The summed E-state index contributed by atoms with van der Waals surface area (Å²) in [6.07, 6.45) is 3.51. The summed E-state index contributed by atoms with van der Waals surface area (Å²) >= 11 is 0. The highest BCUT2D eigenvalue weighted by atomic mass is 19.1. The number of nitrogens with one attached hydrogen (secondary N) is 1. The minimum absolute atomic E-state index is 0.00695. The third kappa shape index (κ3) is 1.87. The number of aliphatic hydroxyl groups excluding tert-OH is 1. The SMILES string of the molecule is OCC1(c2ccc(-c3c(F)cc4[nH]ccc4c3F)cc2)CC1. The Balaban J connectivity index is 1.82. The lowest BCUT2D eigenvalue weighted by atomic mass is 9.94. The number of aromatic amines is 1. The summed E-state index contributed by atoms with van der Waals surface area (Å²) in [5.74, 6) is -1.13. The van der Waals surface area contributed by atoms with Crippen LogP contribution in [0.5, 0.6) is 0 Å². The fourth-order valence-corrected chi connectivity index (χ4v) is 3.08. The lowest BCUT2D eigenvalue weighted by Crippen LogP contribution is -2.11. The predicted molar refractivity (Wildman–Crippen MR) is 81.6 cm³/mol. The van der Waals surface area contributed by atoms with Crippen LogP contribution in [0.3, 0.4) is 0 Å². The first-order valence-corrected chi connectivity index (χ1v) is 7.31. The van der Waals surface area contributed by atoms with Crippen molar-refractivity contribution in [3.63, 3.8) is 0 Å². The van der Waals surface area contributed by atoms with E-state index in [9.17, 15) is 13.9 Å². The topological polar surface area (TPSA) is 36.0 Å². The first-order valence-electron chi connectivity index (χ1n) is 7.31. The van der Waals surface area contributed by atoms with Crippen molar-refractivity contribution in [2.75, 3.05) is 6.61 Å². The maximum absolute atomic E-state index is 14.6. The molecule has 0 spiro atoms. The van der Waals surface area contributed by atoms with Crippen molar-refractivity contribution in [1.82, 2.24) is 4.98 Å². The highest BCUT2D eigenvalue weighted by molar-refractivity contribution is 5.86. The van der Waals surface area contributed by atoms with Gasteiger partial charge in [0, 0.05) is 17.0 Å². The quantitative estimate of drug-likeness (QED) is 0.749. The van der Waals surface area contributed by atoms with Crippen LogP contribution in [-0.4, -0.2) is 16.7 Å². The number of halogens is 2. The van der Waals surface area contributed by atoms with Crippen LogP contribution in [0.1, 0.15) is 18.4 Å². The van der Waals surface area contributed by atoms with E-state index in [-0.39, 0.29) is 17.6 Å². The van der Waals surface area contributed by atoms with Gasteiger partial charge in [-0.25, -0.2) is 8.78 Å². The molecule has 22 heavy (non-hydrogen) atoms. The summed E-state index contributed by atoms with van der Waals surface area (Å²) in [5.41, 5.74) is 1.85. The van der Waals surface area contributed by atoms with Crippen LogP contribution >= 0.6 is 0 Å². The molecule has 0 saturated heterocycles. The van der Waals surface area contributed by atoms with Gasteiger partial charge < -0.3 is 10.1 Å². The van der Waals surface area contributed by atoms with Gasteiger partial charge in [-0.2, -0.15) is 0 Å². The van der Waals surface area contributed by atoms with Crippen LogP contribution in [0.15, 0.2) is 42.6 Å². The lowest BCUT2D eigenvalue weighted by Gasteiger charge is -2.13. The second-order valence-electron chi connectivity index (χ2n) is 6.00. The Labute approximate surface area is 126 Å². The molecule has 112 valence electrons. The van der Waals surface area contributed by atoms with Gasteiger partial charge in [0.1, 0.15) is 11.6 Å². The molecular formula is C18H15F2NO. The van der Waals surface area contributed by atoms with Gasteiger partial charge in [0.05, 0.1) is 17.7 Å². The largest absolute Gasteiger partial charge is 0.395 e. The highest BCUT2D eigenvalue weighted by Crippen LogP contribution is 2.48. The third-order valence-corrected chi connectivity index (χ3v) is 4.69. The van der Waals surface area contributed by atoms with Gasteiger partial charge in [0.25, 0.3) is 0 Å². The number of H-pyrrole nitrogens is 1. The van der Waals surface area contributed by atoms with E-state index in [1.54, 1.807) is 24.4 Å². The number of fused-ring (bicyclic) bond motifs is 1. The summed E-state index contributed by atoms with van der Waals surface area (Å²) in [7, 11) is 0. The second-order valence-corrected chi connectivity index (χ2v) is 6.00. The van der Waals surface area contributed by atoms with Crippen LogP contribution in [0.2, 0.25) is 0 Å². The molecule has 1 heterocycles. The molecule has 3 aromatic rings. The van der Waals surface area contributed by atoms with Crippen molar-refractivity contribution in [2.24, 2.45) is 0 Å². The maximum Gasteiger partial charge on any atom is 0.143 e. The Kier molecular flexibility index (Phi) is 2.84. The molecule has 4 rings (SSSR count). The van der Waals surface area contributed by atoms with Crippen LogP contribution < -0.4 is 0 Å². The molecule has 0 amide bonds. The van der Waals surface area contributed by atoms with Gasteiger partial charge in [-0.15, -0.1) is 0 Å². The van der Waals surface area contributed by atoms with Crippen molar-refractivity contribution < 1.29 is 13.9 Å². The van der Waals surface area contributed by atoms with E-state index in [4.69, 9.17) is 0 Å². The average Bonchev–Trinajstić information content (AvgIpc) is 3.19. The molecule has 2 nitrogen and oxygen atoms in total. The van der Waals surface area contributed by atoms with Crippen molar-refractivity contribution in [3.8, 4) is 11.1 Å². The minimum Gasteiger partial charge on any atom is -0.395 e. The molecule has 1 fully saturated rings. The van der Waals surface area contributed by atoms with E-state index in [0.29, 0.717) is 16.5 Å². The molecule has 2 N–H and O–H groups in total. The van der Waals surface area contributed by atoms with Crippen molar-refractivity contribution >= 4 is 10.9 Å². The molecule has 1 saturated carbocycles. The van der Waals surface area contributed by atoms with Crippen molar-refractivity contribution in [3.05, 3.63) is 59.8 Å². The zero-order valence-electron chi connectivity index (χ0n) is 11.9. The molecule has 0 bridgehead atoms. The van der Waals surface area contributed by atoms with Crippen LogP contribution in [0.25, 0.3) is 22.0 Å². The summed E-state index contributed by atoms with van der Waals surface area (Å²) < 4.78 is 28.8. The molecule has 1 aromatic heterocycles. The van der Waals surface area contributed by atoms with E-state index < -0.39 is 11.6 Å². The Bertz CT molecular complexity index is 847. The Hall–Kier alpha value is -2.20. The molecule has 0 atom stereocenters. The number of rotatable bonds is 3. The van der Waals surface area contributed by atoms with Gasteiger partial charge in [-0.3, -0.25) is 0 Å². The minimum atomic E-state index is -0.580. The Morgan fingerprint density at radius 3 is 2.45 bits per heavy atom. The molecule has 0 radical (unpaired) electrons. The summed E-state index contributed by atoms with van der Waals surface area (Å²) in [6, 6.07) is 10.1. The third-order valence-electron chi connectivity index (χ3n) is 4.69. The van der Waals surface area contributed by atoms with E-state index in [1.807, 2.05) is 12.1 Å². The van der Waals surface area contributed by atoms with Gasteiger partial charge in [0.2, 0.25) is 0 Å². The maximum atomic E-state index is 14.6. The van der Waals surface area contributed by atoms with Crippen LogP contribution in [-0.2, 0) is 5.41 Å². The van der Waals surface area contributed by atoms with E-state index in [0.717, 1.165) is 18.4 Å². The lowest BCUT2D eigenvalue weighted by molar-refractivity contribution is 0.255. The molecule has 0 aliphatic heterocycles. The molecule has 2 aromatic carbocycles. The summed E-state index contributed by atoms with van der Waals surface area (Å²) in [6.45, 7) is 0.115. The van der Waals surface area contributed by atoms with Crippen LogP contribution in [0.4, 0.5) is 8.78 Å². The zero-order valence-corrected chi connectivity index (χ0v) is 11.9. The molecule has 4 heteroatoms. The van der Waals surface area contributed by atoms with Gasteiger partial charge in [-0.1, -0.05) is 24.3 Å². The number of aliphatic hydroxyl groups is 1. The Morgan fingerprint density at radius 1 is 1.09 bits per heavy atom. The fraction of sp³-hybridized carbons (Fsp3) is 0.222. The van der Waals surface area contributed by atoms with Crippen molar-refractivity contribution in [2.45, 2.75) is 18.3 Å². The molecular weight excluding hydrogens is 284 g/mol.